The molecular formula is C17H26N2O. The van der Waals surface area contributed by atoms with E-state index >= 15 is 0 Å². The molecule has 2 fully saturated rings. The van der Waals surface area contributed by atoms with E-state index in [0.717, 1.165) is 31.9 Å². The SMILES string of the molecule is Cc1cc(N2CCCNCC2)ccc1OC1CCCC1. The highest BCUT2D eigenvalue weighted by atomic mass is 16.5. The lowest BCUT2D eigenvalue weighted by molar-refractivity contribution is 0.208. The van der Waals surface area contributed by atoms with E-state index in [1.807, 2.05) is 0 Å². The molecule has 1 aromatic carbocycles. The number of nitrogens with zero attached hydrogens (tertiary/aromatic N) is 1. The Kier molecular flexibility index (Phi) is 4.46. The van der Waals surface area contributed by atoms with Gasteiger partial charge in [-0.25, -0.2) is 0 Å². The van der Waals surface area contributed by atoms with Gasteiger partial charge in [-0.05, 0) is 69.3 Å². The van der Waals surface area contributed by atoms with Gasteiger partial charge in [-0.3, -0.25) is 0 Å². The zero-order valence-corrected chi connectivity index (χ0v) is 12.5. The number of nitrogens with one attached hydrogen (secondary N) is 1. The molecule has 3 rings (SSSR count). The largest absolute Gasteiger partial charge is 0.490 e. The summed E-state index contributed by atoms with van der Waals surface area (Å²) in [4.78, 5) is 2.48. The number of anilines is 1. The minimum absolute atomic E-state index is 0.446. The molecule has 0 atom stereocenters. The Bertz CT molecular complexity index is 433. The Balaban J connectivity index is 1.69. The van der Waals surface area contributed by atoms with Crippen LogP contribution in [-0.4, -0.2) is 32.3 Å². The highest BCUT2D eigenvalue weighted by Crippen LogP contribution is 2.29. The van der Waals surface area contributed by atoms with Crippen LogP contribution in [0.1, 0.15) is 37.7 Å². The maximum atomic E-state index is 6.14. The first-order valence-electron chi connectivity index (χ1n) is 8.06. The zero-order chi connectivity index (χ0) is 13.8. The van der Waals surface area contributed by atoms with Crippen molar-refractivity contribution in [3.63, 3.8) is 0 Å². The number of rotatable bonds is 3. The van der Waals surface area contributed by atoms with Crippen LogP contribution in [0.4, 0.5) is 5.69 Å². The van der Waals surface area contributed by atoms with Crippen molar-refractivity contribution in [2.24, 2.45) is 0 Å². The van der Waals surface area contributed by atoms with E-state index in [-0.39, 0.29) is 0 Å². The van der Waals surface area contributed by atoms with E-state index in [1.54, 1.807) is 0 Å². The molecular weight excluding hydrogens is 248 g/mol. The van der Waals surface area contributed by atoms with Crippen molar-refractivity contribution < 1.29 is 4.74 Å². The topological polar surface area (TPSA) is 24.5 Å². The lowest BCUT2D eigenvalue weighted by atomic mass is 10.1. The number of hydrogen-bond acceptors (Lipinski definition) is 3. The molecule has 2 aliphatic rings. The molecule has 0 unspecified atom stereocenters. The van der Waals surface area contributed by atoms with Crippen LogP contribution in [0.2, 0.25) is 0 Å². The number of ether oxygens (including phenoxy) is 1. The van der Waals surface area contributed by atoms with Crippen molar-refractivity contribution in [2.75, 3.05) is 31.1 Å². The zero-order valence-electron chi connectivity index (χ0n) is 12.5. The Morgan fingerprint density at radius 1 is 1.10 bits per heavy atom. The standard InChI is InChI=1S/C17H26N2O/c1-14-13-15(19-11-4-9-18-10-12-19)7-8-17(14)20-16-5-2-3-6-16/h7-8,13,16,18H,2-6,9-12H2,1H3. The van der Waals surface area contributed by atoms with Crippen molar-refractivity contribution in [3.8, 4) is 5.75 Å². The first-order valence-corrected chi connectivity index (χ1v) is 8.06. The van der Waals surface area contributed by atoms with E-state index in [0.29, 0.717) is 6.10 Å². The summed E-state index contributed by atoms with van der Waals surface area (Å²) < 4.78 is 6.14. The van der Waals surface area contributed by atoms with Gasteiger partial charge in [-0.15, -0.1) is 0 Å². The summed E-state index contributed by atoms with van der Waals surface area (Å²) in [5.74, 6) is 1.08. The molecule has 0 spiro atoms. The summed E-state index contributed by atoms with van der Waals surface area (Å²) in [6.45, 7) is 6.64. The van der Waals surface area contributed by atoms with Crippen LogP contribution in [0, 0.1) is 6.92 Å². The van der Waals surface area contributed by atoms with Crippen LogP contribution in [0.3, 0.4) is 0 Å². The molecule has 110 valence electrons. The fourth-order valence-electron chi connectivity index (χ4n) is 3.25. The van der Waals surface area contributed by atoms with Gasteiger partial charge in [0.05, 0.1) is 6.10 Å². The molecule has 0 aromatic heterocycles. The summed E-state index contributed by atoms with van der Waals surface area (Å²) in [5.41, 5.74) is 2.61. The highest BCUT2D eigenvalue weighted by Gasteiger charge is 2.18. The second-order valence-corrected chi connectivity index (χ2v) is 6.06. The van der Waals surface area contributed by atoms with Crippen molar-refractivity contribution in [3.05, 3.63) is 23.8 Å². The van der Waals surface area contributed by atoms with Crippen LogP contribution in [0.25, 0.3) is 0 Å². The minimum Gasteiger partial charge on any atom is -0.490 e. The second-order valence-electron chi connectivity index (χ2n) is 6.06. The van der Waals surface area contributed by atoms with Gasteiger partial charge in [-0.2, -0.15) is 0 Å². The molecule has 20 heavy (non-hydrogen) atoms. The first-order chi connectivity index (χ1) is 9.83. The van der Waals surface area contributed by atoms with Gasteiger partial charge < -0.3 is 15.0 Å². The van der Waals surface area contributed by atoms with Crippen molar-refractivity contribution >= 4 is 5.69 Å². The van der Waals surface area contributed by atoms with Gasteiger partial charge in [-0.1, -0.05) is 0 Å². The average molecular weight is 274 g/mol. The van der Waals surface area contributed by atoms with Crippen LogP contribution >= 0.6 is 0 Å². The molecule has 3 nitrogen and oxygen atoms in total. The Morgan fingerprint density at radius 2 is 1.95 bits per heavy atom. The Morgan fingerprint density at radius 3 is 2.75 bits per heavy atom. The van der Waals surface area contributed by atoms with Crippen molar-refractivity contribution in [1.82, 2.24) is 5.32 Å². The monoisotopic (exact) mass is 274 g/mol. The van der Waals surface area contributed by atoms with Crippen molar-refractivity contribution in [1.29, 1.82) is 0 Å². The lowest BCUT2D eigenvalue weighted by Crippen LogP contribution is -2.27. The van der Waals surface area contributed by atoms with E-state index in [1.165, 1.54) is 43.4 Å². The van der Waals surface area contributed by atoms with Crippen LogP contribution in [0.5, 0.6) is 5.75 Å². The second kappa shape index (κ2) is 6.49. The predicted octanol–water partition coefficient (Wildman–Crippen LogP) is 3.12. The predicted molar refractivity (Wildman–Crippen MR) is 83.8 cm³/mol. The fraction of sp³-hybridized carbons (Fsp3) is 0.647. The Hall–Kier alpha value is -1.22. The molecule has 1 heterocycles. The van der Waals surface area contributed by atoms with Crippen molar-refractivity contribution in [2.45, 2.75) is 45.1 Å². The van der Waals surface area contributed by atoms with Gasteiger partial charge in [0.1, 0.15) is 5.75 Å². The average Bonchev–Trinajstić information content (AvgIpc) is 2.81. The van der Waals surface area contributed by atoms with Gasteiger partial charge in [0.25, 0.3) is 0 Å². The summed E-state index contributed by atoms with van der Waals surface area (Å²) in [6, 6.07) is 6.68. The third kappa shape index (κ3) is 3.26. The van der Waals surface area contributed by atoms with Gasteiger partial charge in [0.15, 0.2) is 0 Å². The molecule has 0 bridgehead atoms. The van der Waals surface area contributed by atoms with Crippen LogP contribution < -0.4 is 15.0 Å². The molecule has 1 aliphatic carbocycles. The summed E-state index contributed by atoms with van der Waals surface area (Å²) in [7, 11) is 0. The number of aryl methyl sites for hydroxylation is 1. The quantitative estimate of drug-likeness (QED) is 0.916. The summed E-state index contributed by atoms with van der Waals surface area (Å²) in [6.07, 6.45) is 6.75. The third-order valence-corrected chi connectivity index (χ3v) is 4.46. The molecule has 1 saturated carbocycles. The molecule has 0 radical (unpaired) electrons. The Labute approximate surface area is 122 Å². The lowest BCUT2D eigenvalue weighted by Gasteiger charge is -2.24. The number of benzene rings is 1. The maximum Gasteiger partial charge on any atom is 0.122 e. The van der Waals surface area contributed by atoms with E-state index in [2.05, 4.69) is 35.3 Å². The minimum atomic E-state index is 0.446. The molecule has 1 aromatic rings. The summed E-state index contributed by atoms with van der Waals surface area (Å²) >= 11 is 0. The van der Waals surface area contributed by atoms with Crippen LogP contribution in [0.15, 0.2) is 18.2 Å². The molecule has 1 saturated heterocycles. The third-order valence-electron chi connectivity index (χ3n) is 4.46. The normalized spacial score (nSPS) is 20.9. The van der Waals surface area contributed by atoms with Crippen LogP contribution in [-0.2, 0) is 0 Å². The molecule has 1 aliphatic heterocycles. The molecule has 1 N–H and O–H groups in total. The van der Waals surface area contributed by atoms with Gasteiger partial charge in [0, 0.05) is 25.3 Å². The van der Waals surface area contributed by atoms with Gasteiger partial charge in [0.2, 0.25) is 0 Å². The van der Waals surface area contributed by atoms with E-state index in [9.17, 15) is 0 Å². The van der Waals surface area contributed by atoms with E-state index in [4.69, 9.17) is 4.74 Å². The van der Waals surface area contributed by atoms with Gasteiger partial charge >= 0.3 is 0 Å². The first kappa shape index (κ1) is 13.7. The van der Waals surface area contributed by atoms with E-state index < -0.39 is 0 Å². The summed E-state index contributed by atoms with van der Waals surface area (Å²) in [5, 5.41) is 3.45. The maximum absolute atomic E-state index is 6.14. The smallest absolute Gasteiger partial charge is 0.122 e. The fourth-order valence-corrected chi connectivity index (χ4v) is 3.25. The highest BCUT2D eigenvalue weighted by molar-refractivity contribution is 5.53. The molecule has 3 heteroatoms. The number of hydrogen-bond donors (Lipinski definition) is 1. The molecule has 0 amide bonds.